The molecule has 5 aromatic carbocycles. The number of rotatable bonds is 6. The number of para-hydroxylation sites is 1. The number of benzene rings is 5. The first kappa shape index (κ1) is 39.1. The number of allylic oxidation sites excluding steroid dienone is 14. The van der Waals surface area contributed by atoms with Gasteiger partial charge in [-0.15, -0.1) is 0 Å². The lowest BCUT2D eigenvalue weighted by Crippen LogP contribution is -2.34. The van der Waals surface area contributed by atoms with Crippen LogP contribution in [-0.2, 0) is 12.8 Å². The monoisotopic (exact) mass is 873 g/mol. The average Bonchev–Trinajstić information content (AvgIpc) is 3.90. The summed E-state index contributed by atoms with van der Waals surface area (Å²) in [5.41, 5.74) is 16.4. The van der Waals surface area contributed by atoms with E-state index in [1.807, 2.05) is 6.07 Å². The topological polar surface area (TPSA) is 48.5 Å². The summed E-state index contributed by atoms with van der Waals surface area (Å²) < 4.78 is 5.07. The Bertz CT molecular complexity index is 3820. The third-order valence-corrected chi connectivity index (χ3v) is 15.0. The number of hydrogen-bond acceptors (Lipinski definition) is 3. The van der Waals surface area contributed by atoms with Gasteiger partial charge in [-0.3, -0.25) is 0 Å². The largest absolute Gasteiger partial charge is 0.314 e. The summed E-state index contributed by atoms with van der Waals surface area (Å²) in [7, 11) is 0. The molecule has 3 aromatic heterocycles. The molecule has 324 valence electrons. The van der Waals surface area contributed by atoms with Gasteiger partial charge in [-0.2, -0.15) is 0 Å². The minimum atomic E-state index is 0.230. The molecule has 0 fully saturated rings. The van der Waals surface area contributed by atoms with E-state index in [0.717, 1.165) is 70.8 Å². The van der Waals surface area contributed by atoms with Crippen LogP contribution in [0.3, 0.4) is 0 Å². The van der Waals surface area contributed by atoms with Gasteiger partial charge in [0.05, 0.1) is 16.6 Å². The minimum absolute atomic E-state index is 0.230. The molecule has 68 heavy (non-hydrogen) atoms. The van der Waals surface area contributed by atoms with Crippen LogP contribution in [0.25, 0.3) is 85.7 Å². The van der Waals surface area contributed by atoms with Crippen molar-refractivity contribution in [1.82, 2.24) is 24.1 Å². The van der Waals surface area contributed by atoms with Gasteiger partial charge in [-0.1, -0.05) is 164 Å². The molecule has 0 N–H and O–H groups in total. The highest BCUT2D eigenvalue weighted by atomic mass is 15.1. The number of nitrogens with zero attached hydrogens (tertiary/aromatic N) is 5. The molecule has 0 spiro atoms. The summed E-state index contributed by atoms with van der Waals surface area (Å²) in [4.78, 5) is 16.0. The van der Waals surface area contributed by atoms with Gasteiger partial charge in [0.1, 0.15) is 0 Å². The number of hydrogen-bond donors (Lipinski definition) is 0. The Morgan fingerprint density at radius 1 is 0.544 bits per heavy atom. The summed E-state index contributed by atoms with van der Waals surface area (Å²) in [6.45, 7) is 0. The van der Waals surface area contributed by atoms with Crippen molar-refractivity contribution in [2.24, 2.45) is 11.8 Å². The molecule has 3 unspecified atom stereocenters. The summed E-state index contributed by atoms with van der Waals surface area (Å²) in [5.74, 6) is 2.95. The van der Waals surface area contributed by atoms with Crippen LogP contribution in [0, 0.1) is 11.8 Å². The van der Waals surface area contributed by atoms with Gasteiger partial charge in [0, 0.05) is 56.6 Å². The molecule has 0 bridgehead atoms. The number of aromatic nitrogens is 5. The fourth-order valence-electron chi connectivity index (χ4n) is 11.7. The van der Waals surface area contributed by atoms with Crippen molar-refractivity contribution in [3.05, 3.63) is 238 Å². The first-order chi connectivity index (χ1) is 33.7. The van der Waals surface area contributed by atoms with E-state index in [0.29, 0.717) is 23.4 Å². The predicted molar refractivity (Wildman–Crippen MR) is 280 cm³/mol. The van der Waals surface area contributed by atoms with Gasteiger partial charge < -0.3 is 9.13 Å². The van der Waals surface area contributed by atoms with E-state index in [2.05, 4.69) is 209 Å². The smallest absolute Gasteiger partial charge is 0.166 e. The highest BCUT2D eigenvalue weighted by Gasteiger charge is 2.32. The van der Waals surface area contributed by atoms with Crippen molar-refractivity contribution < 1.29 is 0 Å². The third kappa shape index (κ3) is 6.41. The van der Waals surface area contributed by atoms with Crippen molar-refractivity contribution >= 4 is 57.2 Å². The highest BCUT2D eigenvalue weighted by Crippen LogP contribution is 2.44. The van der Waals surface area contributed by atoms with Crippen molar-refractivity contribution in [2.75, 3.05) is 0 Å². The molecule has 0 saturated heterocycles. The first-order valence-corrected chi connectivity index (χ1v) is 24.2. The van der Waals surface area contributed by atoms with Crippen LogP contribution in [0.2, 0.25) is 0 Å². The second kappa shape index (κ2) is 15.7. The van der Waals surface area contributed by atoms with E-state index in [9.17, 15) is 0 Å². The fourth-order valence-corrected chi connectivity index (χ4v) is 11.7. The molecule has 3 atom stereocenters. The van der Waals surface area contributed by atoms with Crippen LogP contribution in [-0.4, -0.2) is 24.1 Å². The fraction of sp³-hybridized carbons (Fsp3) is 0.127. The lowest BCUT2D eigenvalue weighted by atomic mass is 9.81. The molecule has 0 radical (unpaired) electrons. The van der Waals surface area contributed by atoms with Crippen molar-refractivity contribution in [3.8, 4) is 28.5 Å². The second-order valence-corrected chi connectivity index (χ2v) is 19.0. The Balaban J connectivity index is 0.946. The molecule has 5 nitrogen and oxygen atoms in total. The molecule has 14 rings (SSSR count). The van der Waals surface area contributed by atoms with Crippen molar-refractivity contribution in [3.63, 3.8) is 0 Å². The van der Waals surface area contributed by atoms with Gasteiger partial charge >= 0.3 is 0 Å². The van der Waals surface area contributed by atoms with E-state index in [4.69, 9.17) is 15.0 Å². The Kier molecular flexibility index (Phi) is 9.04. The molecular formula is C63H47N5. The van der Waals surface area contributed by atoms with Gasteiger partial charge in [-0.25, -0.2) is 15.0 Å². The molecule has 0 amide bonds. The SMILES string of the molecule is C1=CC2=Cc3c(c4c(n3C3=CC=C5C=c6c(c7ccccc7n6-c6cc7ccccc7cc6-c6nc(C7=CC=CC(c8ccccc8)C7)nc(-c7ccccc7)n6)=CC5C3)C=CCC4)CC2C=C1. The molecular weight excluding hydrogens is 827 g/mol. The molecule has 6 aliphatic rings. The van der Waals surface area contributed by atoms with Crippen molar-refractivity contribution in [1.29, 1.82) is 0 Å². The van der Waals surface area contributed by atoms with Crippen LogP contribution < -0.4 is 10.6 Å². The predicted octanol–water partition coefficient (Wildman–Crippen LogP) is 12.9. The Labute approximate surface area is 395 Å². The molecule has 0 saturated carbocycles. The second-order valence-electron chi connectivity index (χ2n) is 19.0. The quantitative estimate of drug-likeness (QED) is 0.167. The highest BCUT2D eigenvalue weighted by molar-refractivity contribution is 5.94. The molecule has 6 aliphatic carbocycles. The number of fused-ring (bicyclic) bond motifs is 9. The Hall–Kier alpha value is -8.15. The van der Waals surface area contributed by atoms with Gasteiger partial charge in [-0.05, 0) is 119 Å². The zero-order valence-corrected chi connectivity index (χ0v) is 37.6. The van der Waals surface area contributed by atoms with Gasteiger partial charge in [0.15, 0.2) is 17.5 Å². The summed E-state index contributed by atoms with van der Waals surface area (Å²) in [6, 6.07) is 43.3. The average molecular weight is 874 g/mol. The first-order valence-electron chi connectivity index (χ1n) is 24.2. The maximum Gasteiger partial charge on any atom is 0.166 e. The van der Waals surface area contributed by atoms with E-state index < -0.39 is 0 Å². The van der Waals surface area contributed by atoms with Crippen LogP contribution in [0.1, 0.15) is 59.1 Å². The standard InChI is InChI=1S/C63H47N5/c1-3-16-40(17-4-1)42-24-15-25-48(32-42)62-64-61(41-18-5-2-6-19-41)65-63(66-62)55-35-44-21-8-10-23-46(44)38-60(55)68-57-29-14-12-27-52(57)54-36-49-33-50(31-30-47(49)39-59(54)68)67-56-28-13-11-26-51(56)53-34-43-20-7-9-22-45(43)37-58(53)67/h1-10,12-25,27-31,35-39,42-43,49H,11,26,32-34H2. The summed E-state index contributed by atoms with van der Waals surface area (Å²) in [6.07, 6.45) is 37.8. The van der Waals surface area contributed by atoms with E-state index in [-0.39, 0.29) is 11.8 Å². The van der Waals surface area contributed by atoms with E-state index >= 15 is 0 Å². The lowest BCUT2D eigenvalue weighted by Gasteiger charge is -2.27. The third-order valence-electron chi connectivity index (χ3n) is 15.0. The zero-order valence-electron chi connectivity index (χ0n) is 37.6. The van der Waals surface area contributed by atoms with Gasteiger partial charge in [0.2, 0.25) is 0 Å². The van der Waals surface area contributed by atoms with Crippen LogP contribution in [0.5, 0.6) is 0 Å². The minimum Gasteiger partial charge on any atom is -0.314 e. The molecule has 8 aromatic rings. The van der Waals surface area contributed by atoms with E-state index in [1.165, 1.54) is 60.9 Å². The normalized spacial score (nSPS) is 19.7. The molecule has 3 heterocycles. The van der Waals surface area contributed by atoms with E-state index in [1.54, 1.807) is 0 Å². The Morgan fingerprint density at radius 3 is 2.22 bits per heavy atom. The lowest BCUT2D eigenvalue weighted by molar-refractivity contribution is 0.744. The van der Waals surface area contributed by atoms with Crippen LogP contribution >= 0.6 is 0 Å². The van der Waals surface area contributed by atoms with Crippen molar-refractivity contribution in [2.45, 2.75) is 38.0 Å². The van der Waals surface area contributed by atoms with Crippen LogP contribution in [0.15, 0.2) is 193 Å². The summed E-state index contributed by atoms with van der Waals surface area (Å²) >= 11 is 0. The Morgan fingerprint density at radius 2 is 1.32 bits per heavy atom. The van der Waals surface area contributed by atoms with Gasteiger partial charge in [0.25, 0.3) is 0 Å². The van der Waals surface area contributed by atoms with Crippen LogP contribution in [0.4, 0.5) is 0 Å². The molecule has 5 heteroatoms. The maximum atomic E-state index is 5.44. The summed E-state index contributed by atoms with van der Waals surface area (Å²) in [5, 5.41) is 6.00. The molecule has 0 aliphatic heterocycles. The maximum absolute atomic E-state index is 5.44. The zero-order chi connectivity index (χ0) is 44.7.